The molecule has 1 fully saturated rings. The van der Waals surface area contributed by atoms with Gasteiger partial charge in [-0.05, 0) is 25.3 Å². The van der Waals surface area contributed by atoms with Crippen LogP contribution in [0.1, 0.15) is 39.3 Å². The summed E-state index contributed by atoms with van der Waals surface area (Å²) in [4.78, 5) is 19.8. The van der Waals surface area contributed by atoms with E-state index in [-0.39, 0.29) is 18.7 Å². The molecule has 26 heavy (non-hydrogen) atoms. The molecule has 5 nitrogen and oxygen atoms in total. The first-order valence-electron chi connectivity index (χ1n) is 9.17. The maximum atomic E-state index is 12.4. The molecule has 6 heteroatoms. The molecule has 0 bridgehead atoms. The number of morpholine rings is 1. The molecule has 0 spiro atoms. The zero-order chi connectivity index (χ0) is 18.4. The second kappa shape index (κ2) is 9.26. The smallest absolute Gasteiger partial charge is 0.350 e. The van der Waals surface area contributed by atoms with E-state index in [1.54, 1.807) is 0 Å². The van der Waals surface area contributed by atoms with Crippen molar-refractivity contribution in [2.24, 2.45) is 0 Å². The highest BCUT2D eigenvalue weighted by Gasteiger charge is 2.23. The summed E-state index contributed by atoms with van der Waals surface area (Å²) < 4.78 is 11.3. The number of aromatic nitrogens is 1. The van der Waals surface area contributed by atoms with E-state index in [4.69, 9.17) is 9.47 Å². The summed E-state index contributed by atoms with van der Waals surface area (Å²) in [5.74, 6) is -0.286. The SMILES string of the molecule is CCCc1nc(C)c(C(=O)OCC2CN(Cc3ccccc3)CCO2)s1. The lowest BCUT2D eigenvalue weighted by atomic mass is 10.2. The van der Waals surface area contributed by atoms with Crippen LogP contribution in [0.5, 0.6) is 0 Å². The van der Waals surface area contributed by atoms with E-state index in [1.807, 2.05) is 13.0 Å². The molecule has 0 aliphatic carbocycles. The monoisotopic (exact) mass is 374 g/mol. The molecule has 1 aromatic heterocycles. The Labute approximate surface area is 159 Å². The zero-order valence-corrected chi connectivity index (χ0v) is 16.3. The number of nitrogens with zero attached hydrogens (tertiary/aromatic N) is 2. The molecule has 3 rings (SSSR count). The van der Waals surface area contributed by atoms with Crippen molar-refractivity contribution in [2.45, 2.75) is 39.3 Å². The molecular formula is C20H26N2O3S. The van der Waals surface area contributed by atoms with E-state index < -0.39 is 0 Å². The summed E-state index contributed by atoms with van der Waals surface area (Å²) in [7, 11) is 0. The Hall–Kier alpha value is -1.76. The van der Waals surface area contributed by atoms with Crippen molar-refractivity contribution in [1.29, 1.82) is 0 Å². The zero-order valence-electron chi connectivity index (χ0n) is 15.4. The largest absolute Gasteiger partial charge is 0.459 e. The summed E-state index contributed by atoms with van der Waals surface area (Å²) in [6.07, 6.45) is 1.84. The van der Waals surface area contributed by atoms with Crippen molar-refractivity contribution in [3.63, 3.8) is 0 Å². The first-order chi connectivity index (χ1) is 12.7. The quantitative estimate of drug-likeness (QED) is 0.695. The topological polar surface area (TPSA) is 51.7 Å². The molecule has 2 heterocycles. The van der Waals surface area contributed by atoms with Crippen LogP contribution >= 0.6 is 11.3 Å². The fourth-order valence-electron chi connectivity index (χ4n) is 3.06. The first-order valence-corrected chi connectivity index (χ1v) is 9.98. The van der Waals surface area contributed by atoms with Crippen LogP contribution in [-0.4, -0.2) is 48.3 Å². The minimum atomic E-state index is -0.286. The first kappa shape index (κ1) is 19.0. The Morgan fingerprint density at radius 1 is 1.38 bits per heavy atom. The number of carbonyl (C=O) groups excluding carboxylic acids is 1. The highest BCUT2D eigenvalue weighted by atomic mass is 32.1. The molecule has 0 amide bonds. The maximum Gasteiger partial charge on any atom is 0.350 e. The van der Waals surface area contributed by atoms with Gasteiger partial charge in [0, 0.05) is 19.6 Å². The normalized spacial score (nSPS) is 18.0. The number of esters is 1. The number of rotatable bonds is 7. The van der Waals surface area contributed by atoms with Crippen molar-refractivity contribution >= 4 is 17.3 Å². The second-order valence-corrected chi connectivity index (χ2v) is 7.67. The number of hydrogen-bond acceptors (Lipinski definition) is 6. The van der Waals surface area contributed by atoms with Gasteiger partial charge in [0.25, 0.3) is 0 Å². The van der Waals surface area contributed by atoms with E-state index in [0.29, 0.717) is 11.5 Å². The van der Waals surface area contributed by atoms with Crippen LogP contribution in [-0.2, 0) is 22.4 Å². The number of aryl methyl sites for hydroxylation is 2. The van der Waals surface area contributed by atoms with Crippen LogP contribution in [0.2, 0.25) is 0 Å². The number of hydrogen-bond donors (Lipinski definition) is 0. The summed E-state index contributed by atoms with van der Waals surface area (Å²) in [6.45, 7) is 7.47. The number of carbonyl (C=O) groups is 1. The van der Waals surface area contributed by atoms with Crippen LogP contribution in [0.3, 0.4) is 0 Å². The number of ether oxygens (including phenoxy) is 2. The van der Waals surface area contributed by atoms with Crippen LogP contribution in [0.25, 0.3) is 0 Å². The molecule has 0 saturated carbocycles. The average Bonchev–Trinajstić information content (AvgIpc) is 3.02. The van der Waals surface area contributed by atoms with Crippen molar-refractivity contribution in [1.82, 2.24) is 9.88 Å². The van der Waals surface area contributed by atoms with Crippen molar-refractivity contribution in [3.05, 3.63) is 51.5 Å². The van der Waals surface area contributed by atoms with Gasteiger partial charge >= 0.3 is 5.97 Å². The van der Waals surface area contributed by atoms with Gasteiger partial charge < -0.3 is 9.47 Å². The highest BCUT2D eigenvalue weighted by Crippen LogP contribution is 2.21. The summed E-state index contributed by atoms with van der Waals surface area (Å²) >= 11 is 1.44. The van der Waals surface area contributed by atoms with E-state index in [9.17, 15) is 4.79 Å². The van der Waals surface area contributed by atoms with E-state index in [0.717, 1.165) is 43.2 Å². The van der Waals surface area contributed by atoms with E-state index >= 15 is 0 Å². The molecule has 0 N–H and O–H groups in total. The van der Waals surface area contributed by atoms with E-state index in [1.165, 1.54) is 16.9 Å². The van der Waals surface area contributed by atoms with Gasteiger partial charge in [0.05, 0.1) is 17.3 Å². The summed E-state index contributed by atoms with van der Waals surface area (Å²) in [5, 5.41) is 1.000. The fraction of sp³-hybridized carbons (Fsp3) is 0.500. The predicted molar refractivity (Wildman–Crippen MR) is 103 cm³/mol. The third-order valence-electron chi connectivity index (χ3n) is 4.36. The minimum Gasteiger partial charge on any atom is -0.459 e. The van der Waals surface area contributed by atoms with Crippen LogP contribution in [0, 0.1) is 6.92 Å². The third-order valence-corrected chi connectivity index (χ3v) is 5.56. The Morgan fingerprint density at radius 3 is 2.96 bits per heavy atom. The molecule has 2 aromatic rings. The Balaban J connectivity index is 1.50. The van der Waals surface area contributed by atoms with Crippen molar-refractivity contribution in [2.75, 3.05) is 26.3 Å². The minimum absolute atomic E-state index is 0.0836. The number of benzene rings is 1. The molecule has 1 saturated heterocycles. The van der Waals surface area contributed by atoms with Crippen molar-refractivity contribution < 1.29 is 14.3 Å². The van der Waals surface area contributed by atoms with Crippen LogP contribution in [0.4, 0.5) is 0 Å². The molecule has 140 valence electrons. The van der Waals surface area contributed by atoms with Crippen LogP contribution < -0.4 is 0 Å². The molecule has 1 aromatic carbocycles. The van der Waals surface area contributed by atoms with Crippen LogP contribution in [0.15, 0.2) is 30.3 Å². The molecule has 1 aliphatic rings. The van der Waals surface area contributed by atoms with Crippen molar-refractivity contribution in [3.8, 4) is 0 Å². The van der Waals surface area contributed by atoms with Gasteiger partial charge in [-0.2, -0.15) is 0 Å². The standard InChI is InChI=1S/C20H26N2O3S/c1-3-7-18-21-15(2)19(26-18)20(23)25-14-17-13-22(10-11-24-17)12-16-8-5-4-6-9-16/h4-6,8-9,17H,3,7,10-14H2,1-2H3. The lowest BCUT2D eigenvalue weighted by Crippen LogP contribution is -2.44. The average molecular weight is 375 g/mol. The predicted octanol–water partition coefficient (Wildman–Crippen LogP) is 3.46. The highest BCUT2D eigenvalue weighted by molar-refractivity contribution is 7.13. The van der Waals surface area contributed by atoms with Gasteiger partial charge in [-0.15, -0.1) is 11.3 Å². The Morgan fingerprint density at radius 2 is 2.19 bits per heavy atom. The third kappa shape index (κ3) is 5.13. The Bertz CT molecular complexity index is 717. The Kier molecular flexibility index (Phi) is 6.77. The molecular weight excluding hydrogens is 348 g/mol. The molecule has 1 aliphatic heterocycles. The second-order valence-electron chi connectivity index (χ2n) is 6.58. The van der Waals surface area contributed by atoms with Gasteiger partial charge in [0.1, 0.15) is 17.6 Å². The molecule has 0 radical (unpaired) electrons. The molecule has 1 unspecified atom stereocenters. The van der Waals surface area contributed by atoms with Gasteiger partial charge in [-0.25, -0.2) is 9.78 Å². The number of thiazole rings is 1. The van der Waals surface area contributed by atoms with E-state index in [2.05, 4.69) is 41.1 Å². The van der Waals surface area contributed by atoms with Gasteiger partial charge in [-0.1, -0.05) is 37.3 Å². The van der Waals surface area contributed by atoms with Gasteiger partial charge in [-0.3, -0.25) is 4.90 Å². The fourth-order valence-corrected chi connectivity index (χ4v) is 4.12. The maximum absolute atomic E-state index is 12.4. The summed E-state index contributed by atoms with van der Waals surface area (Å²) in [5.41, 5.74) is 2.05. The lowest BCUT2D eigenvalue weighted by molar-refractivity contribution is -0.0611. The molecule has 1 atom stereocenters. The van der Waals surface area contributed by atoms with Gasteiger partial charge in [0.2, 0.25) is 0 Å². The summed E-state index contributed by atoms with van der Waals surface area (Å²) in [6, 6.07) is 10.4. The lowest BCUT2D eigenvalue weighted by Gasteiger charge is -2.32. The van der Waals surface area contributed by atoms with Gasteiger partial charge in [0.15, 0.2) is 0 Å².